The molecule has 3 unspecified atom stereocenters. The van der Waals surface area contributed by atoms with Crippen molar-refractivity contribution in [3.8, 4) is 0 Å². The van der Waals surface area contributed by atoms with Crippen molar-refractivity contribution in [3.05, 3.63) is 0 Å². The van der Waals surface area contributed by atoms with Gasteiger partial charge in [-0.25, -0.2) is 0 Å². The Labute approximate surface area is 88.1 Å². The third kappa shape index (κ3) is 2.48. The molecule has 2 aliphatic heterocycles. The largest absolute Gasteiger partial charge is 0.312 e. The lowest BCUT2D eigenvalue weighted by Gasteiger charge is -2.33. The minimum atomic E-state index is 0.764. The molecule has 0 spiro atoms. The van der Waals surface area contributed by atoms with Crippen LogP contribution < -0.4 is 5.32 Å². The minimum Gasteiger partial charge on any atom is -0.312 e. The number of piperidine rings is 1. The van der Waals surface area contributed by atoms with Crippen LogP contribution in [-0.4, -0.2) is 37.1 Å². The highest BCUT2D eigenvalue weighted by Gasteiger charge is 2.26. The summed E-state index contributed by atoms with van der Waals surface area (Å²) in [5, 5.41) is 3.63. The number of nitrogens with zero attached hydrogens (tertiary/aromatic N) is 1. The van der Waals surface area contributed by atoms with Crippen LogP contribution in [0.3, 0.4) is 0 Å². The van der Waals surface area contributed by atoms with Gasteiger partial charge < -0.3 is 10.2 Å². The van der Waals surface area contributed by atoms with Gasteiger partial charge in [0.1, 0.15) is 0 Å². The fraction of sp³-hybridized carbons (Fsp3) is 1.00. The Balaban J connectivity index is 1.78. The van der Waals surface area contributed by atoms with Crippen molar-refractivity contribution in [2.75, 3.05) is 26.2 Å². The van der Waals surface area contributed by atoms with Crippen LogP contribution in [0.1, 0.15) is 33.1 Å². The second kappa shape index (κ2) is 4.63. The first-order chi connectivity index (χ1) is 6.75. The Hall–Kier alpha value is -0.0800. The van der Waals surface area contributed by atoms with Crippen molar-refractivity contribution >= 4 is 0 Å². The Morgan fingerprint density at radius 3 is 2.79 bits per heavy atom. The molecule has 2 saturated heterocycles. The van der Waals surface area contributed by atoms with Gasteiger partial charge in [-0.2, -0.15) is 0 Å². The first-order valence-electron chi connectivity index (χ1n) is 6.21. The molecule has 0 aromatic carbocycles. The first kappa shape index (κ1) is 10.4. The summed E-state index contributed by atoms with van der Waals surface area (Å²) in [6.07, 6.45) is 4.21. The molecule has 14 heavy (non-hydrogen) atoms. The summed E-state index contributed by atoms with van der Waals surface area (Å²) in [6.45, 7) is 9.94. The van der Waals surface area contributed by atoms with Crippen LogP contribution in [0.2, 0.25) is 0 Å². The second-order valence-electron chi connectivity index (χ2n) is 5.33. The van der Waals surface area contributed by atoms with Crippen molar-refractivity contribution < 1.29 is 0 Å². The van der Waals surface area contributed by atoms with E-state index >= 15 is 0 Å². The molecule has 2 fully saturated rings. The van der Waals surface area contributed by atoms with Crippen molar-refractivity contribution in [2.24, 2.45) is 11.8 Å². The van der Waals surface area contributed by atoms with Crippen molar-refractivity contribution in [3.63, 3.8) is 0 Å². The fourth-order valence-corrected chi connectivity index (χ4v) is 2.87. The van der Waals surface area contributed by atoms with E-state index in [1.807, 2.05) is 0 Å². The molecule has 0 saturated carbocycles. The van der Waals surface area contributed by atoms with Crippen LogP contribution >= 0.6 is 0 Å². The van der Waals surface area contributed by atoms with Gasteiger partial charge in [0.2, 0.25) is 0 Å². The summed E-state index contributed by atoms with van der Waals surface area (Å²) in [5.41, 5.74) is 0. The molecular formula is C12H24N2. The zero-order valence-corrected chi connectivity index (χ0v) is 9.63. The number of likely N-dealkylation sites (tertiary alicyclic amines) is 1. The van der Waals surface area contributed by atoms with Gasteiger partial charge in [-0.15, -0.1) is 0 Å². The van der Waals surface area contributed by atoms with E-state index in [1.54, 1.807) is 0 Å². The lowest BCUT2D eigenvalue weighted by atomic mass is 9.98. The van der Waals surface area contributed by atoms with E-state index in [0.29, 0.717) is 0 Å². The molecule has 0 amide bonds. The van der Waals surface area contributed by atoms with E-state index in [1.165, 1.54) is 45.4 Å². The quantitative estimate of drug-likeness (QED) is 0.723. The minimum absolute atomic E-state index is 0.764. The van der Waals surface area contributed by atoms with Gasteiger partial charge in [0.05, 0.1) is 0 Å². The molecule has 2 heteroatoms. The van der Waals surface area contributed by atoms with Crippen molar-refractivity contribution in [1.29, 1.82) is 0 Å². The summed E-state index contributed by atoms with van der Waals surface area (Å²) in [5.74, 6) is 1.80. The molecule has 0 aromatic rings. The van der Waals surface area contributed by atoms with Crippen molar-refractivity contribution in [2.45, 2.75) is 39.2 Å². The van der Waals surface area contributed by atoms with E-state index in [2.05, 4.69) is 24.1 Å². The van der Waals surface area contributed by atoms with Gasteiger partial charge in [-0.1, -0.05) is 13.8 Å². The molecular weight excluding hydrogens is 172 g/mol. The zero-order valence-electron chi connectivity index (χ0n) is 9.63. The maximum Gasteiger partial charge on any atom is 0.0221 e. The van der Waals surface area contributed by atoms with E-state index in [9.17, 15) is 0 Å². The fourth-order valence-electron chi connectivity index (χ4n) is 2.87. The lowest BCUT2D eigenvalue weighted by molar-refractivity contribution is 0.163. The monoisotopic (exact) mass is 196 g/mol. The average Bonchev–Trinajstić information content (AvgIpc) is 2.52. The summed E-state index contributed by atoms with van der Waals surface area (Å²) in [6, 6.07) is 0.764. The summed E-state index contributed by atoms with van der Waals surface area (Å²) >= 11 is 0. The van der Waals surface area contributed by atoms with Crippen LogP contribution in [0.25, 0.3) is 0 Å². The van der Waals surface area contributed by atoms with E-state index < -0.39 is 0 Å². The van der Waals surface area contributed by atoms with Gasteiger partial charge in [0.15, 0.2) is 0 Å². The molecule has 2 aliphatic rings. The van der Waals surface area contributed by atoms with Crippen LogP contribution in [-0.2, 0) is 0 Å². The third-order valence-corrected chi connectivity index (χ3v) is 3.89. The van der Waals surface area contributed by atoms with Crippen LogP contribution in [0.15, 0.2) is 0 Å². The standard InChI is InChI=1S/C12H24N2/c1-10-4-3-7-14(8-10)9-12-11(2)5-6-13-12/h10-13H,3-9H2,1-2H3. The summed E-state index contributed by atoms with van der Waals surface area (Å²) in [7, 11) is 0. The van der Waals surface area contributed by atoms with E-state index in [0.717, 1.165) is 17.9 Å². The molecule has 3 atom stereocenters. The Morgan fingerprint density at radius 2 is 2.14 bits per heavy atom. The van der Waals surface area contributed by atoms with E-state index in [-0.39, 0.29) is 0 Å². The smallest absolute Gasteiger partial charge is 0.0221 e. The average molecular weight is 196 g/mol. The van der Waals surface area contributed by atoms with Crippen LogP contribution in [0.5, 0.6) is 0 Å². The van der Waals surface area contributed by atoms with Gasteiger partial charge in [0, 0.05) is 19.1 Å². The second-order valence-corrected chi connectivity index (χ2v) is 5.33. The molecule has 0 bridgehead atoms. The third-order valence-electron chi connectivity index (χ3n) is 3.89. The molecule has 0 radical (unpaired) electrons. The number of hydrogen-bond acceptors (Lipinski definition) is 2. The van der Waals surface area contributed by atoms with Gasteiger partial charge in [-0.3, -0.25) is 0 Å². The SMILES string of the molecule is CC1CCCN(CC2NCCC2C)C1. The maximum absolute atomic E-state index is 3.63. The molecule has 0 aliphatic carbocycles. The number of hydrogen-bond donors (Lipinski definition) is 1. The van der Waals surface area contributed by atoms with Gasteiger partial charge >= 0.3 is 0 Å². The molecule has 1 N–H and O–H groups in total. The number of rotatable bonds is 2. The molecule has 2 heterocycles. The molecule has 2 rings (SSSR count). The highest BCUT2D eigenvalue weighted by molar-refractivity contribution is 4.84. The lowest BCUT2D eigenvalue weighted by Crippen LogP contribution is -2.44. The van der Waals surface area contributed by atoms with Crippen LogP contribution in [0, 0.1) is 11.8 Å². The predicted octanol–water partition coefficient (Wildman–Crippen LogP) is 1.72. The molecule has 0 aromatic heterocycles. The van der Waals surface area contributed by atoms with Crippen LogP contribution in [0.4, 0.5) is 0 Å². The maximum atomic E-state index is 3.63. The molecule has 2 nitrogen and oxygen atoms in total. The van der Waals surface area contributed by atoms with Gasteiger partial charge in [0.25, 0.3) is 0 Å². The predicted molar refractivity (Wildman–Crippen MR) is 60.4 cm³/mol. The van der Waals surface area contributed by atoms with Crippen molar-refractivity contribution in [1.82, 2.24) is 10.2 Å². The first-order valence-corrected chi connectivity index (χ1v) is 6.21. The Bertz CT molecular complexity index is 181. The highest BCUT2D eigenvalue weighted by atomic mass is 15.2. The highest BCUT2D eigenvalue weighted by Crippen LogP contribution is 2.19. The Kier molecular flexibility index (Phi) is 3.45. The normalized spacial score (nSPS) is 40.3. The number of nitrogens with one attached hydrogen (secondary N) is 1. The zero-order chi connectivity index (χ0) is 9.97. The summed E-state index contributed by atoms with van der Waals surface area (Å²) < 4.78 is 0. The van der Waals surface area contributed by atoms with E-state index in [4.69, 9.17) is 0 Å². The topological polar surface area (TPSA) is 15.3 Å². The van der Waals surface area contributed by atoms with Gasteiger partial charge in [-0.05, 0) is 44.2 Å². The molecule has 82 valence electrons. The summed E-state index contributed by atoms with van der Waals surface area (Å²) in [4.78, 5) is 2.66. The Morgan fingerprint density at radius 1 is 1.29 bits per heavy atom.